The molecule has 2 rings (SSSR count). The van der Waals surface area contributed by atoms with Gasteiger partial charge in [-0.15, -0.1) is 0 Å². The van der Waals surface area contributed by atoms with Gasteiger partial charge < -0.3 is 5.32 Å². The Bertz CT molecular complexity index is 617. The van der Waals surface area contributed by atoms with Gasteiger partial charge in [-0.25, -0.2) is 0 Å². The highest BCUT2D eigenvalue weighted by Crippen LogP contribution is 2.30. The molecule has 19 heavy (non-hydrogen) atoms. The molecule has 100 valence electrons. The monoisotopic (exact) mass is 320 g/mol. The highest BCUT2D eigenvalue weighted by Gasteiger charge is 2.16. The third-order valence-electron chi connectivity index (χ3n) is 2.73. The van der Waals surface area contributed by atoms with Crippen molar-refractivity contribution in [3.05, 3.63) is 35.1 Å². The summed E-state index contributed by atoms with van der Waals surface area (Å²) >= 11 is 3.49. The molecule has 0 aliphatic carbocycles. The van der Waals surface area contributed by atoms with Gasteiger partial charge in [-0.2, -0.15) is 0 Å². The number of carbonyl (C=O) groups is 1. The second-order valence-electron chi connectivity index (χ2n) is 5.80. The van der Waals surface area contributed by atoms with Crippen molar-refractivity contribution >= 4 is 38.3 Å². The van der Waals surface area contributed by atoms with Crippen LogP contribution in [0.2, 0.25) is 0 Å². The second kappa shape index (κ2) is 5.29. The van der Waals surface area contributed by atoms with Crippen LogP contribution in [0.5, 0.6) is 0 Å². The second-order valence-corrected chi connectivity index (χ2v) is 6.66. The fourth-order valence-corrected chi connectivity index (χ4v) is 2.39. The number of anilines is 1. The van der Waals surface area contributed by atoms with Crippen molar-refractivity contribution in [1.82, 2.24) is 4.98 Å². The van der Waals surface area contributed by atoms with Crippen LogP contribution < -0.4 is 5.32 Å². The van der Waals surface area contributed by atoms with E-state index < -0.39 is 0 Å². The van der Waals surface area contributed by atoms with E-state index in [0.29, 0.717) is 6.42 Å². The average Bonchev–Trinajstić information content (AvgIpc) is 2.31. The van der Waals surface area contributed by atoms with Crippen LogP contribution in [0.1, 0.15) is 27.2 Å². The summed E-state index contributed by atoms with van der Waals surface area (Å²) in [5, 5.41) is 4.97. The first-order valence-electron chi connectivity index (χ1n) is 6.19. The zero-order valence-corrected chi connectivity index (χ0v) is 12.9. The Morgan fingerprint density at radius 3 is 2.68 bits per heavy atom. The zero-order valence-electron chi connectivity index (χ0n) is 11.3. The predicted molar refractivity (Wildman–Crippen MR) is 82.1 cm³/mol. The number of halogens is 1. The third-order valence-corrected chi connectivity index (χ3v) is 3.42. The summed E-state index contributed by atoms with van der Waals surface area (Å²) < 4.78 is 0.976. The molecule has 0 fully saturated rings. The molecule has 0 saturated heterocycles. The molecular formula is C15H17BrN2O. The maximum Gasteiger partial charge on any atom is 0.224 e. The minimum absolute atomic E-state index is 0.0171. The average molecular weight is 321 g/mol. The molecule has 4 heteroatoms. The number of hydrogen-bond donors (Lipinski definition) is 1. The van der Waals surface area contributed by atoms with E-state index in [2.05, 4.69) is 47.0 Å². The van der Waals surface area contributed by atoms with E-state index in [-0.39, 0.29) is 11.3 Å². The highest BCUT2D eigenvalue weighted by molar-refractivity contribution is 9.10. The lowest BCUT2D eigenvalue weighted by Gasteiger charge is -2.18. The van der Waals surface area contributed by atoms with Gasteiger partial charge in [0.2, 0.25) is 5.91 Å². The number of amides is 1. The van der Waals surface area contributed by atoms with Crippen LogP contribution in [-0.2, 0) is 4.79 Å². The number of hydrogen-bond acceptors (Lipinski definition) is 2. The summed E-state index contributed by atoms with van der Waals surface area (Å²) in [5.74, 6) is 0.0351. The molecule has 1 aromatic carbocycles. The molecule has 0 atom stereocenters. The van der Waals surface area contributed by atoms with Gasteiger partial charge in [-0.1, -0.05) is 36.7 Å². The van der Waals surface area contributed by atoms with Gasteiger partial charge in [0.1, 0.15) is 0 Å². The lowest BCUT2D eigenvalue weighted by molar-refractivity contribution is -0.117. The molecule has 2 aromatic rings. The lowest BCUT2D eigenvalue weighted by Crippen LogP contribution is -2.19. The van der Waals surface area contributed by atoms with Crippen LogP contribution in [0.15, 0.2) is 35.1 Å². The Morgan fingerprint density at radius 2 is 2.00 bits per heavy atom. The number of benzene rings is 1. The molecule has 0 aliphatic heterocycles. The molecule has 3 nitrogen and oxygen atoms in total. The van der Waals surface area contributed by atoms with Gasteiger partial charge in [0.15, 0.2) is 0 Å². The number of rotatable bonds is 2. The van der Waals surface area contributed by atoms with E-state index in [1.807, 2.05) is 18.2 Å². The molecule has 0 saturated carbocycles. The summed E-state index contributed by atoms with van der Waals surface area (Å²) in [6, 6.07) is 5.75. The van der Waals surface area contributed by atoms with Gasteiger partial charge in [0.25, 0.3) is 0 Å². The summed E-state index contributed by atoms with van der Waals surface area (Å²) in [7, 11) is 0. The van der Waals surface area contributed by atoms with Crippen LogP contribution in [0.4, 0.5) is 5.69 Å². The quantitative estimate of drug-likeness (QED) is 0.892. The molecule has 1 N–H and O–H groups in total. The largest absolute Gasteiger partial charge is 0.325 e. The maximum absolute atomic E-state index is 12.0. The Balaban J connectivity index is 2.31. The van der Waals surface area contributed by atoms with Crippen molar-refractivity contribution in [3.8, 4) is 0 Å². The number of pyridine rings is 1. The van der Waals surface area contributed by atoms with E-state index in [1.165, 1.54) is 0 Å². The van der Waals surface area contributed by atoms with Crippen molar-refractivity contribution in [2.75, 3.05) is 5.32 Å². The first kappa shape index (κ1) is 14.0. The fourth-order valence-electron chi connectivity index (χ4n) is 1.94. The molecule has 1 aromatic heterocycles. The van der Waals surface area contributed by atoms with E-state index in [4.69, 9.17) is 0 Å². The van der Waals surface area contributed by atoms with Crippen LogP contribution >= 0.6 is 15.9 Å². The number of fused-ring (bicyclic) bond motifs is 1. The minimum Gasteiger partial charge on any atom is -0.325 e. The van der Waals surface area contributed by atoms with Gasteiger partial charge >= 0.3 is 0 Å². The molecule has 0 spiro atoms. The zero-order chi connectivity index (χ0) is 14.0. The number of nitrogens with one attached hydrogen (secondary N) is 1. The van der Waals surface area contributed by atoms with Crippen molar-refractivity contribution in [2.24, 2.45) is 5.41 Å². The molecule has 0 bridgehead atoms. The van der Waals surface area contributed by atoms with Gasteiger partial charge in [-0.05, 0) is 23.6 Å². The van der Waals surface area contributed by atoms with Crippen molar-refractivity contribution in [1.29, 1.82) is 0 Å². The summed E-state index contributed by atoms with van der Waals surface area (Å²) in [4.78, 5) is 16.1. The SMILES string of the molecule is CC(C)(C)CC(=O)Nc1ccc(Br)c2cnccc12. The normalized spacial score (nSPS) is 11.6. The van der Waals surface area contributed by atoms with E-state index >= 15 is 0 Å². The molecule has 0 aliphatic rings. The number of carbonyl (C=O) groups excluding carboxylic acids is 1. The molecule has 0 unspecified atom stereocenters. The van der Waals surface area contributed by atoms with Gasteiger partial charge in [-0.3, -0.25) is 9.78 Å². The van der Waals surface area contributed by atoms with Crippen LogP contribution in [0.25, 0.3) is 10.8 Å². The fraction of sp³-hybridized carbons (Fsp3) is 0.333. The molecule has 0 radical (unpaired) electrons. The van der Waals surface area contributed by atoms with Gasteiger partial charge in [0.05, 0.1) is 0 Å². The van der Waals surface area contributed by atoms with E-state index in [0.717, 1.165) is 20.9 Å². The van der Waals surface area contributed by atoms with Crippen LogP contribution in [0, 0.1) is 5.41 Å². The smallest absolute Gasteiger partial charge is 0.224 e. The third kappa shape index (κ3) is 3.53. The Morgan fingerprint density at radius 1 is 1.26 bits per heavy atom. The number of aromatic nitrogens is 1. The van der Waals surface area contributed by atoms with Crippen molar-refractivity contribution in [2.45, 2.75) is 27.2 Å². The topological polar surface area (TPSA) is 42.0 Å². The molecule has 1 heterocycles. The Hall–Kier alpha value is -1.42. The highest BCUT2D eigenvalue weighted by atomic mass is 79.9. The Kier molecular flexibility index (Phi) is 3.90. The van der Waals surface area contributed by atoms with Crippen LogP contribution in [0.3, 0.4) is 0 Å². The maximum atomic E-state index is 12.0. The minimum atomic E-state index is -0.0171. The van der Waals surface area contributed by atoms with Crippen molar-refractivity contribution < 1.29 is 4.79 Å². The summed E-state index contributed by atoms with van der Waals surface area (Å²) in [6.45, 7) is 6.16. The first-order chi connectivity index (χ1) is 8.87. The standard InChI is InChI=1S/C15H17BrN2O/c1-15(2,3)8-14(19)18-13-5-4-12(16)11-9-17-7-6-10(11)13/h4-7,9H,8H2,1-3H3,(H,18,19). The first-order valence-corrected chi connectivity index (χ1v) is 6.98. The molecule has 1 amide bonds. The summed E-state index contributed by atoms with van der Waals surface area (Å²) in [5.41, 5.74) is 0.812. The van der Waals surface area contributed by atoms with Crippen LogP contribution in [-0.4, -0.2) is 10.9 Å². The number of nitrogens with zero attached hydrogens (tertiary/aromatic N) is 1. The molecular weight excluding hydrogens is 304 g/mol. The lowest BCUT2D eigenvalue weighted by atomic mass is 9.92. The predicted octanol–water partition coefficient (Wildman–Crippen LogP) is 4.37. The van der Waals surface area contributed by atoms with Gasteiger partial charge in [0, 0.05) is 39.7 Å². The summed E-state index contributed by atoms with van der Waals surface area (Å²) in [6.07, 6.45) is 4.02. The Labute approximate surface area is 121 Å². The van der Waals surface area contributed by atoms with E-state index in [9.17, 15) is 4.79 Å². The van der Waals surface area contributed by atoms with E-state index in [1.54, 1.807) is 12.4 Å². The van der Waals surface area contributed by atoms with Crippen molar-refractivity contribution in [3.63, 3.8) is 0 Å².